The van der Waals surface area contributed by atoms with Gasteiger partial charge in [0.25, 0.3) is 11.7 Å². The van der Waals surface area contributed by atoms with Crippen molar-refractivity contribution in [3.63, 3.8) is 0 Å². The summed E-state index contributed by atoms with van der Waals surface area (Å²) < 4.78 is 0.682. The second kappa shape index (κ2) is 5.13. The number of hydrogen-bond acceptors (Lipinski definition) is 3. The van der Waals surface area contributed by atoms with Gasteiger partial charge >= 0.3 is 0 Å². The molecule has 1 aliphatic rings. The Morgan fingerprint density at radius 1 is 1.32 bits per heavy atom. The minimum atomic E-state index is -0.576. The number of fused-ring (bicyclic) bond motifs is 1. The predicted octanol–water partition coefficient (Wildman–Crippen LogP) is 1.46. The second-order valence-corrected chi connectivity index (χ2v) is 5.31. The van der Waals surface area contributed by atoms with Crippen LogP contribution in [0.4, 0.5) is 5.69 Å². The summed E-state index contributed by atoms with van der Waals surface area (Å²) in [6, 6.07) is 5.10. The number of benzene rings is 1. The summed E-state index contributed by atoms with van der Waals surface area (Å²) in [5.74, 6) is -1.18. The lowest BCUT2D eigenvalue weighted by atomic mass is 10.1. The molecule has 0 bridgehead atoms. The van der Waals surface area contributed by atoms with Crippen LogP contribution in [0.2, 0.25) is 0 Å². The van der Waals surface area contributed by atoms with Gasteiger partial charge in [0, 0.05) is 31.5 Å². The monoisotopic (exact) mass is 324 g/mol. The summed E-state index contributed by atoms with van der Waals surface area (Å²) in [6.07, 6.45) is 0.187. The van der Waals surface area contributed by atoms with E-state index in [0.29, 0.717) is 15.7 Å². The predicted molar refractivity (Wildman–Crippen MR) is 74.1 cm³/mol. The zero-order valence-electron chi connectivity index (χ0n) is 10.6. The van der Waals surface area contributed by atoms with E-state index in [9.17, 15) is 14.4 Å². The van der Waals surface area contributed by atoms with Crippen molar-refractivity contribution >= 4 is 39.2 Å². The third kappa shape index (κ3) is 2.40. The number of carbonyl (C=O) groups excluding carboxylic acids is 3. The molecule has 0 saturated carbocycles. The molecule has 5 nitrogen and oxygen atoms in total. The molecule has 0 N–H and O–H groups in total. The number of rotatable bonds is 3. The van der Waals surface area contributed by atoms with Gasteiger partial charge in [-0.25, -0.2) is 0 Å². The minimum absolute atomic E-state index is 0.0826. The molecule has 0 fully saturated rings. The van der Waals surface area contributed by atoms with Crippen molar-refractivity contribution in [1.29, 1.82) is 0 Å². The second-order valence-electron chi connectivity index (χ2n) is 4.46. The van der Waals surface area contributed by atoms with Crippen molar-refractivity contribution in [2.24, 2.45) is 0 Å². The van der Waals surface area contributed by atoms with Gasteiger partial charge in [0.1, 0.15) is 0 Å². The van der Waals surface area contributed by atoms with E-state index in [1.807, 2.05) is 0 Å². The smallest absolute Gasteiger partial charge is 0.299 e. The molecule has 0 aromatic heterocycles. The average molecular weight is 325 g/mol. The number of para-hydroxylation sites is 1. The van der Waals surface area contributed by atoms with E-state index in [1.165, 1.54) is 9.80 Å². The molecule has 0 spiro atoms. The van der Waals surface area contributed by atoms with E-state index in [0.717, 1.165) is 0 Å². The highest BCUT2D eigenvalue weighted by Crippen LogP contribution is 2.35. The molecule has 0 unspecified atom stereocenters. The lowest BCUT2D eigenvalue weighted by Gasteiger charge is -2.18. The van der Waals surface area contributed by atoms with E-state index in [1.54, 1.807) is 32.3 Å². The Labute approximate surface area is 119 Å². The van der Waals surface area contributed by atoms with E-state index < -0.39 is 11.7 Å². The van der Waals surface area contributed by atoms with Gasteiger partial charge in [-0.05, 0) is 28.1 Å². The van der Waals surface area contributed by atoms with Gasteiger partial charge < -0.3 is 9.80 Å². The highest BCUT2D eigenvalue weighted by molar-refractivity contribution is 9.10. The molecule has 0 radical (unpaired) electrons. The molecule has 0 atom stereocenters. The van der Waals surface area contributed by atoms with Crippen LogP contribution in [0, 0.1) is 0 Å². The molecule has 1 aromatic rings. The van der Waals surface area contributed by atoms with Gasteiger partial charge in [0.05, 0.1) is 11.3 Å². The van der Waals surface area contributed by atoms with Crippen molar-refractivity contribution in [1.82, 2.24) is 4.90 Å². The number of Topliss-reactive ketones (excluding diaryl/α,β-unsaturated/α-hetero) is 1. The maximum absolute atomic E-state index is 11.9. The molecule has 6 heteroatoms. The van der Waals surface area contributed by atoms with Crippen molar-refractivity contribution in [3.8, 4) is 0 Å². The standard InChI is InChI=1S/C13H13BrN2O3/c1-15(2)10(17)6-7-16-11-8(12(18)13(16)19)4-3-5-9(11)14/h3-5H,6-7H2,1-2H3. The zero-order valence-corrected chi connectivity index (χ0v) is 12.2. The Bertz CT molecular complexity index is 569. The van der Waals surface area contributed by atoms with Crippen LogP contribution in [0.25, 0.3) is 0 Å². The number of amides is 2. The number of carbonyl (C=O) groups is 3. The van der Waals surface area contributed by atoms with Crippen molar-refractivity contribution < 1.29 is 14.4 Å². The maximum Gasteiger partial charge on any atom is 0.299 e. The number of halogens is 1. The first-order valence-electron chi connectivity index (χ1n) is 5.78. The van der Waals surface area contributed by atoms with Crippen LogP contribution in [0.5, 0.6) is 0 Å². The first-order valence-corrected chi connectivity index (χ1v) is 6.57. The third-order valence-corrected chi connectivity index (χ3v) is 3.63. The van der Waals surface area contributed by atoms with Gasteiger partial charge in [0.15, 0.2) is 0 Å². The Morgan fingerprint density at radius 2 is 2.00 bits per heavy atom. The van der Waals surface area contributed by atoms with Crippen molar-refractivity contribution in [2.45, 2.75) is 6.42 Å². The number of hydrogen-bond donors (Lipinski definition) is 0. The van der Waals surface area contributed by atoms with Gasteiger partial charge in [-0.2, -0.15) is 0 Å². The summed E-state index contributed by atoms with van der Waals surface area (Å²) in [5, 5.41) is 0. The molecule has 1 aliphatic heterocycles. The molecular formula is C13H13BrN2O3. The zero-order chi connectivity index (χ0) is 14.2. The van der Waals surface area contributed by atoms with Crippen molar-refractivity contribution in [3.05, 3.63) is 28.2 Å². The molecule has 19 heavy (non-hydrogen) atoms. The molecule has 1 aromatic carbocycles. The molecule has 2 rings (SSSR count). The van der Waals surface area contributed by atoms with Crippen LogP contribution in [-0.4, -0.2) is 43.1 Å². The fourth-order valence-corrected chi connectivity index (χ4v) is 2.54. The topological polar surface area (TPSA) is 57.7 Å². The molecule has 2 amide bonds. The largest absolute Gasteiger partial charge is 0.349 e. The summed E-state index contributed by atoms with van der Waals surface area (Å²) in [5.41, 5.74) is 0.945. The SMILES string of the molecule is CN(C)C(=O)CCN1C(=O)C(=O)c2cccc(Br)c21. The van der Waals surface area contributed by atoms with Crippen LogP contribution in [0.1, 0.15) is 16.8 Å². The molecule has 1 heterocycles. The van der Waals surface area contributed by atoms with Crippen LogP contribution >= 0.6 is 15.9 Å². The maximum atomic E-state index is 11.9. The number of nitrogens with zero attached hydrogens (tertiary/aromatic N) is 2. The van der Waals surface area contributed by atoms with Crippen LogP contribution in [0.3, 0.4) is 0 Å². The first-order chi connectivity index (χ1) is 8.93. The fourth-order valence-electron chi connectivity index (χ4n) is 1.96. The Kier molecular flexibility index (Phi) is 3.71. The Balaban J connectivity index is 2.26. The van der Waals surface area contributed by atoms with E-state index >= 15 is 0 Å². The third-order valence-electron chi connectivity index (χ3n) is 2.99. The fraction of sp³-hybridized carbons (Fsp3) is 0.308. The summed E-state index contributed by atoms with van der Waals surface area (Å²) in [6.45, 7) is 0.206. The lowest BCUT2D eigenvalue weighted by Crippen LogP contribution is -2.34. The average Bonchev–Trinajstić information content (AvgIpc) is 2.61. The van der Waals surface area contributed by atoms with Crippen LogP contribution in [0.15, 0.2) is 22.7 Å². The summed E-state index contributed by atoms with van der Waals surface area (Å²) >= 11 is 3.34. The Hall–Kier alpha value is -1.69. The highest BCUT2D eigenvalue weighted by atomic mass is 79.9. The summed E-state index contributed by atoms with van der Waals surface area (Å²) in [7, 11) is 3.31. The van der Waals surface area contributed by atoms with E-state index in [2.05, 4.69) is 15.9 Å². The normalized spacial score (nSPS) is 13.7. The number of ketones is 1. The van der Waals surface area contributed by atoms with Gasteiger partial charge in [-0.1, -0.05) is 6.07 Å². The number of anilines is 1. The van der Waals surface area contributed by atoms with Gasteiger partial charge in [0.2, 0.25) is 5.91 Å². The van der Waals surface area contributed by atoms with Gasteiger partial charge in [-0.3, -0.25) is 14.4 Å². The molecule has 0 aliphatic carbocycles. The summed E-state index contributed by atoms with van der Waals surface area (Å²) in [4.78, 5) is 38.2. The molecular weight excluding hydrogens is 312 g/mol. The highest BCUT2D eigenvalue weighted by Gasteiger charge is 2.37. The van der Waals surface area contributed by atoms with Crippen LogP contribution < -0.4 is 4.90 Å². The van der Waals surface area contributed by atoms with Crippen LogP contribution in [-0.2, 0) is 9.59 Å². The minimum Gasteiger partial charge on any atom is -0.349 e. The van der Waals surface area contributed by atoms with Gasteiger partial charge in [-0.15, -0.1) is 0 Å². The van der Waals surface area contributed by atoms with Crippen molar-refractivity contribution in [2.75, 3.05) is 25.5 Å². The van der Waals surface area contributed by atoms with E-state index in [-0.39, 0.29) is 18.9 Å². The van der Waals surface area contributed by atoms with E-state index in [4.69, 9.17) is 0 Å². The Morgan fingerprint density at radius 3 is 2.63 bits per heavy atom. The quantitative estimate of drug-likeness (QED) is 0.791. The first kappa shape index (κ1) is 13.7. The lowest BCUT2D eigenvalue weighted by molar-refractivity contribution is -0.128. The molecule has 100 valence electrons. The molecule has 0 saturated heterocycles.